The van der Waals surface area contributed by atoms with Gasteiger partial charge in [-0.3, -0.25) is 9.78 Å². The van der Waals surface area contributed by atoms with Gasteiger partial charge in [0, 0.05) is 29.9 Å². The molecule has 0 saturated carbocycles. The largest absolute Gasteiger partial charge is 0.478 e. The summed E-state index contributed by atoms with van der Waals surface area (Å²) >= 11 is 0. The van der Waals surface area contributed by atoms with Crippen LogP contribution in [0.5, 0.6) is 0 Å². The van der Waals surface area contributed by atoms with Gasteiger partial charge in [-0.2, -0.15) is 0 Å². The molecule has 0 saturated heterocycles. The molecule has 2 aromatic heterocycles. The lowest BCUT2D eigenvalue weighted by atomic mass is 9.88. The SMILES string of the molecule is CCn1c(-c2cc(C)cc(C)c2)c(N)c2c(CC(CCc3ccncc3)C(=O)OCc3ccccc3)c(C(=O)O)ccc21.Cl. The molecule has 8 heteroatoms. The molecule has 0 aliphatic heterocycles. The Balaban J connectivity index is 0.00000442. The third-order valence-corrected chi connectivity index (χ3v) is 7.96. The number of anilines is 1. The van der Waals surface area contributed by atoms with Crippen LogP contribution in [-0.2, 0) is 35.5 Å². The number of halogens is 1. The average Bonchev–Trinajstić information content (AvgIpc) is 3.30. The van der Waals surface area contributed by atoms with Crippen molar-refractivity contribution < 1.29 is 19.4 Å². The minimum absolute atomic E-state index is 0. The number of ether oxygens (including phenoxy) is 1. The molecule has 2 heterocycles. The predicted octanol–water partition coefficient (Wildman–Crippen LogP) is 7.58. The summed E-state index contributed by atoms with van der Waals surface area (Å²) in [7, 11) is 0. The van der Waals surface area contributed by atoms with Gasteiger partial charge in [-0.1, -0.05) is 47.5 Å². The van der Waals surface area contributed by atoms with Gasteiger partial charge in [0.15, 0.2) is 0 Å². The van der Waals surface area contributed by atoms with E-state index >= 15 is 0 Å². The quantitative estimate of drug-likeness (QED) is 0.149. The van der Waals surface area contributed by atoms with Gasteiger partial charge in [0.05, 0.1) is 28.4 Å². The molecule has 0 bridgehead atoms. The number of rotatable bonds is 11. The van der Waals surface area contributed by atoms with Crippen LogP contribution in [0.1, 0.15) is 51.5 Å². The Hall–Kier alpha value is -4.62. The molecule has 228 valence electrons. The average molecular weight is 612 g/mol. The maximum atomic E-state index is 13.7. The maximum Gasteiger partial charge on any atom is 0.335 e. The van der Waals surface area contributed by atoms with Crippen molar-refractivity contribution >= 4 is 40.9 Å². The number of carboxylic acid groups (broad SMARTS) is 1. The van der Waals surface area contributed by atoms with Gasteiger partial charge in [0.2, 0.25) is 0 Å². The van der Waals surface area contributed by atoms with Crippen LogP contribution in [0.2, 0.25) is 0 Å². The van der Waals surface area contributed by atoms with Gasteiger partial charge in [-0.25, -0.2) is 4.79 Å². The number of nitrogens with zero attached hydrogens (tertiary/aromatic N) is 2. The minimum Gasteiger partial charge on any atom is -0.478 e. The van der Waals surface area contributed by atoms with Crippen LogP contribution < -0.4 is 5.73 Å². The second-order valence-electron chi connectivity index (χ2n) is 11.1. The van der Waals surface area contributed by atoms with Crippen molar-refractivity contribution in [2.75, 3.05) is 5.73 Å². The van der Waals surface area contributed by atoms with E-state index in [0.29, 0.717) is 36.0 Å². The predicted molar refractivity (Wildman–Crippen MR) is 177 cm³/mol. The van der Waals surface area contributed by atoms with E-state index in [9.17, 15) is 14.7 Å². The number of esters is 1. The number of fused-ring (bicyclic) bond motifs is 1. The standard InChI is InChI=1S/C36H37N3O4.ClH/c1-4-39-31-13-12-29(35(40)41)30(32(31)33(37)34(39)28-19-23(2)18-24(3)20-28)21-27(11-10-25-14-16-38-17-15-25)36(42)43-22-26-8-6-5-7-9-26;/h5-9,12-20,27H,4,10-11,21-22,37H2,1-3H3,(H,40,41);1H. The molecule has 0 amide bonds. The van der Waals surface area contributed by atoms with Crippen molar-refractivity contribution in [1.82, 2.24) is 9.55 Å². The molecule has 3 N–H and O–H groups in total. The number of carboxylic acids is 1. The molecular weight excluding hydrogens is 574 g/mol. The highest BCUT2D eigenvalue weighted by molar-refractivity contribution is 6.07. The first-order chi connectivity index (χ1) is 20.8. The van der Waals surface area contributed by atoms with Crippen LogP contribution in [-0.4, -0.2) is 26.6 Å². The van der Waals surface area contributed by atoms with Crippen molar-refractivity contribution in [3.05, 3.63) is 119 Å². The second kappa shape index (κ2) is 14.2. The lowest BCUT2D eigenvalue weighted by molar-refractivity contribution is -0.150. The van der Waals surface area contributed by atoms with Crippen LogP contribution in [0.4, 0.5) is 5.69 Å². The van der Waals surface area contributed by atoms with Crippen molar-refractivity contribution in [1.29, 1.82) is 0 Å². The number of hydrogen-bond donors (Lipinski definition) is 2. The van der Waals surface area contributed by atoms with E-state index in [0.717, 1.165) is 39.0 Å². The molecule has 0 fully saturated rings. The first-order valence-electron chi connectivity index (χ1n) is 14.6. The number of hydrogen-bond acceptors (Lipinski definition) is 5. The van der Waals surface area contributed by atoms with Crippen molar-refractivity contribution in [3.63, 3.8) is 0 Å². The number of benzene rings is 3. The summed E-state index contributed by atoms with van der Waals surface area (Å²) in [6, 6.07) is 23.1. The molecule has 5 rings (SSSR count). The van der Waals surface area contributed by atoms with E-state index in [1.54, 1.807) is 18.5 Å². The maximum absolute atomic E-state index is 13.7. The van der Waals surface area contributed by atoms with Crippen molar-refractivity contribution in [3.8, 4) is 11.3 Å². The fraction of sp³-hybridized carbons (Fsp3) is 0.250. The lowest BCUT2D eigenvalue weighted by Gasteiger charge is -2.19. The molecule has 5 aromatic rings. The fourth-order valence-electron chi connectivity index (χ4n) is 6.00. The molecule has 0 aliphatic rings. The van der Waals surface area contributed by atoms with Gasteiger partial charge in [0.25, 0.3) is 0 Å². The van der Waals surface area contributed by atoms with Crippen LogP contribution in [0.25, 0.3) is 22.2 Å². The monoisotopic (exact) mass is 611 g/mol. The van der Waals surface area contributed by atoms with Crippen LogP contribution in [0.15, 0.2) is 85.2 Å². The lowest BCUT2D eigenvalue weighted by Crippen LogP contribution is -2.22. The third kappa shape index (κ3) is 6.95. The number of carbonyl (C=O) groups is 2. The second-order valence-corrected chi connectivity index (χ2v) is 11.1. The van der Waals surface area contributed by atoms with Gasteiger partial charge in [-0.05, 0) is 93.1 Å². The van der Waals surface area contributed by atoms with Gasteiger partial charge in [0.1, 0.15) is 6.61 Å². The molecule has 0 aliphatic carbocycles. The van der Waals surface area contributed by atoms with E-state index in [-0.39, 0.29) is 37.0 Å². The first-order valence-corrected chi connectivity index (χ1v) is 14.6. The first kappa shape index (κ1) is 32.3. The highest BCUT2D eigenvalue weighted by atomic mass is 35.5. The van der Waals surface area contributed by atoms with Gasteiger partial charge >= 0.3 is 11.9 Å². The Labute approximate surface area is 264 Å². The van der Waals surface area contributed by atoms with Crippen LogP contribution in [0.3, 0.4) is 0 Å². The zero-order valence-corrected chi connectivity index (χ0v) is 26.1. The van der Waals surface area contributed by atoms with Crippen LogP contribution in [0, 0.1) is 19.8 Å². The Morgan fingerprint density at radius 3 is 2.27 bits per heavy atom. The number of aromatic carboxylic acids is 1. The summed E-state index contributed by atoms with van der Waals surface area (Å²) in [5.74, 6) is -2.01. The molecular formula is C36H38ClN3O4. The number of aromatic nitrogens is 2. The molecule has 44 heavy (non-hydrogen) atoms. The smallest absolute Gasteiger partial charge is 0.335 e. The Kier molecular flexibility index (Phi) is 10.4. The fourth-order valence-corrected chi connectivity index (χ4v) is 6.00. The zero-order chi connectivity index (χ0) is 30.5. The van der Waals surface area contributed by atoms with E-state index in [1.807, 2.05) is 69.3 Å². The summed E-state index contributed by atoms with van der Waals surface area (Å²) < 4.78 is 7.94. The number of pyridine rings is 1. The molecule has 3 aromatic carbocycles. The summed E-state index contributed by atoms with van der Waals surface area (Å²) in [6.45, 7) is 6.94. The van der Waals surface area contributed by atoms with Crippen molar-refractivity contribution in [2.45, 2.75) is 53.2 Å². The Morgan fingerprint density at radius 2 is 1.64 bits per heavy atom. The normalized spacial score (nSPS) is 11.6. The Bertz CT molecular complexity index is 1750. The van der Waals surface area contributed by atoms with Gasteiger partial charge in [-0.15, -0.1) is 12.4 Å². The zero-order valence-electron chi connectivity index (χ0n) is 25.2. The number of carbonyl (C=O) groups excluding carboxylic acids is 1. The molecule has 7 nitrogen and oxygen atoms in total. The summed E-state index contributed by atoms with van der Waals surface area (Å²) in [4.78, 5) is 30.3. The van der Waals surface area contributed by atoms with Crippen molar-refractivity contribution in [2.24, 2.45) is 5.92 Å². The number of nitrogens with two attached hydrogens (primary N) is 1. The molecule has 1 atom stereocenters. The molecule has 0 radical (unpaired) electrons. The number of aryl methyl sites for hydroxylation is 4. The highest BCUT2D eigenvalue weighted by Crippen LogP contribution is 2.41. The van der Waals surface area contributed by atoms with Crippen LogP contribution >= 0.6 is 12.4 Å². The molecule has 0 spiro atoms. The number of nitrogen functional groups attached to an aromatic ring is 1. The highest BCUT2D eigenvalue weighted by Gasteiger charge is 2.28. The van der Waals surface area contributed by atoms with E-state index < -0.39 is 11.9 Å². The summed E-state index contributed by atoms with van der Waals surface area (Å²) in [5, 5.41) is 11.0. The summed E-state index contributed by atoms with van der Waals surface area (Å²) in [5.41, 5.74) is 15.0. The van der Waals surface area contributed by atoms with E-state index in [1.165, 1.54) is 0 Å². The topological polar surface area (TPSA) is 107 Å². The summed E-state index contributed by atoms with van der Waals surface area (Å²) in [6.07, 6.45) is 4.73. The molecule has 1 unspecified atom stereocenters. The third-order valence-electron chi connectivity index (χ3n) is 7.96. The Morgan fingerprint density at radius 1 is 0.955 bits per heavy atom. The van der Waals surface area contributed by atoms with E-state index in [2.05, 4.69) is 27.8 Å². The minimum atomic E-state index is -1.06. The van der Waals surface area contributed by atoms with E-state index in [4.69, 9.17) is 10.5 Å². The van der Waals surface area contributed by atoms with Gasteiger partial charge < -0.3 is 20.1 Å².